The first-order valence-electron chi connectivity index (χ1n) is 6.04. The van der Waals surface area contributed by atoms with Gasteiger partial charge < -0.3 is 4.74 Å². The molecule has 1 atom stereocenters. The fourth-order valence-corrected chi connectivity index (χ4v) is 2.66. The van der Waals surface area contributed by atoms with E-state index in [2.05, 4.69) is 0 Å². The lowest BCUT2D eigenvalue weighted by molar-refractivity contribution is 0.134. The fraction of sp³-hybridized carbons (Fsp3) is 0.200. The number of hydrogen-bond donors (Lipinski definition) is 0. The van der Waals surface area contributed by atoms with E-state index in [0.29, 0.717) is 30.9 Å². The molecule has 0 fully saturated rings. The van der Waals surface area contributed by atoms with Gasteiger partial charge in [-0.15, -0.1) is 11.6 Å². The van der Waals surface area contributed by atoms with E-state index >= 15 is 0 Å². The Morgan fingerprint density at radius 3 is 2.30 bits per heavy atom. The fourth-order valence-electron chi connectivity index (χ4n) is 2.31. The molecule has 0 saturated heterocycles. The number of ether oxygens (including phenoxy) is 1. The van der Waals surface area contributed by atoms with E-state index in [-0.39, 0.29) is 5.56 Å². The summed E-state index contributed by atoms with van der Waals surface area (Å²) in [6, 6.07) is 6.55. The first kappa shape index (κ1) is 13.5. The van der Waals surface area contributed by atoms with Crippen LogP contribution in [0.3, 0.4) is 0 Å². The summed E-state index contributed by atoms with van der Waals surface area (Å²) in [5, 5.41) is -1.01. The molecule has 2 aromatic rings. The van der Waals surface area contributed by atoms with Crippen LogP contribution in [0.15, 0.2) is 30.3 Å². The van der Waals surface area contributed by atoms with Crippen molar-refractivity contribution in [2.24, 2.45) is 0 Å². The molecule has 1 unspecified atom stereocenters. The van der Waals surface area contributed by atoms with Crippen molar-refractivity contribution >= 4 is 11.6 Å². The lowest BCUT2D eigenvalue weighted by atomic mass is 9.99. The molecule has 3 rings (SSSR count). The normalized spacial score (nSPS) is 15.2. The van der Waals surface area contributed by atoms with Crippen molar-refractivity contribution in [3.8, 4) is 0 Å². The molecule has 1 nitrogen and oxygen atoms in total. The van der Waals surface area contributed by atoms with Crippen LogP contribution in [0.25, 0.3) is 0 Å². The molecular weight excluding hydrogens is 289 g/mol. The van der Waals surface area contributed by atoms with Crippen molar-refractivity contribution in [2.45, 2.75) is 18.6 Å². The van der Waals surface area contributed by atoms with Gasteiger partial charge in [-0.05, 0) is 16.7 Å². The smallest absolute Gasteiger partial charge is 0.134 e. The Balaban J connectivity index is 2.03. The Morgan fingerprint density at radius 1 is 0.950 bits per heavy atom. The van der Waals surface area contributed by atoms with Gasteiger partial charge in [-0.25, -0.2) is 13.2 Å². The van der Waals surface area contributed by atoms with Crippen molar-refractivity contribution in [1.82, 2.24) is 0 Å². The lowest BCUT2D eigenvalue weighted by Crippen LogP contribution is -2.03. The van der Waals surface area contributed by atoms with Gasteiger partial charge in [0.25, 0.3) is 0 Å². The van der Waals surface area contributed by atoms with Gasteiger partial charge in [-0.1, -0.05) is 18.2 Å². The molecule has 20 heavy (non-hydrogen) atoms. The van der Waals surface area contributed by atoms with Gasteiger partial charge in [0.1, 0.15) is 17.5 Å². The summed E-state index contributed by atoms with van der Waals surface area (Å²) < 4.78 is 45.7. The highest BCUT2D eigenvalue weighted by Gasteiger charge is 2.22. The van der Waals surface area contributed by atoms with Crippen molar-refractivity contribution in [3.05, 3.63) is 70.0 Å². The molecule has 1 heterocycles. The summed E-state index contributed by atoms with van der Waals surface area (Å²) in [6.07, 6.45) is 0. The van der Waals surface area contributed by atoms with Crippen LogP contribution in [-0.2, 0) is 18.0 Å². The molecule has 1 aliphatic heterocycles. The predicted octanol–water partition coefficient (Wildman–Crippen LogP) is 4.46. The van der Waals surface area contributed by atoms with Crippen molar-refractivity contribution < 1.29 is 17.9 Å². The Bertz CT molecular complexity index is 649. The topological polar surface area (TPSA) is 9.23 Å². The summed E-state index contributed by atoms with van der Waals surface area (Å²) in [5.41, 5.74) is 2.21. The minimum Gasteiger partial charge on any atom is -0.372 e. The van der Waals surface area contributed by atoms with E-state index < -0.39 is 22.8 Å². The number of benzene rings is 2. The van der Waals surface area contributed by atoms with Crippen LogP contribution in [0.1, 0.15) is 27.6 Å². The van der Waals surface area contributed by atoms with Gasteiger partial charge in [0, 0.05) is 17.7 Å². The monoisotopic (exact) mass is 298 g/mol. The average molecular weight is 299 g/mol. The molecule has 2 aromatic carbocycles. The standard InChI is InChI=1S/C15H10ClF3O/c16-15(14-12(18)4-11(17)5-13(14)19)8-1-2-9-6-20-7-10(9)3-8/h1-5,15H,6-7H2. The molecule has 1 aliphatic rings. The van der Waals surface area contributed by atoms with Crippen molar-refractivity contribution in [1.29, 1.82) is 0 Å². The van der Waals surface area contributed by atoms with Gasteiger partial charge in [0.15, 0.2) is 0 Å². The Morgan fingerprint density at radius 2 is 1.60 bits per heavy atom. The first-order chi connectivity index (χ1) is 9.56. The van der Waals surface area contributed by atoms with Gasteiger partial charge in [0.05, 0.1) is 18.6 Å². The average Bonchev–Trinajstić information content (AvgIpc) is 2.84. The highest BCUT2D eigenvalue weighted by atomic mass is 35.5. The molecule has 5 heteroatoms. The largest absolute Gasteiger partial charge is 0.372 e. The predicted molar refractivity (Wildman–Crippen MR) is 68.9 cm³/mol. The van der Waals surface area contributed by atoms with Crippen LogP contribution < -0.4 is 0 Å². The third kappa shape index (κ3) is 2.30. The lowest BCUT2D eigenvalue weighted by Gasteiger charge is -2.13. The van der Waals surface area contributed by atoms with Crippen LogP contribution in [0.4, 0.5) is 13.2 Å². The van der Waals surface area contributed by atoms with Crippen molar-refractivity contribution in [3.63, 3.8) is 0 Å². The van der Waals surface area contributed by atoms with Gasteiger partial charge >= 0.3 is 0 Å². The minimum atomic E-state index is -1.01. The molecule has 104 valence electrons. The molecule has 0 amide bonds. The molecule has 0 aliphatic carbocycles. The highest BCUT2D eigenvalue weighted by Crippen LogP contribution is 2.35. The van der Waals surface area contributed by atoms with Gasteiger partial charge in [-0.2, -0.15) is 0 Å². The van der Waals surface area contributed by atoms with Crippen LogP contribution >= 0.6 is 11.6 Å². The van der Waals surface area contributed by atoms with Crippen LogP contribution in [0.2, 0.25) is 0 Å². The molecule has 0 radical (unpaired) electrons. The highest BCUT2D eigenvalue weighted by molar-refractivity contribution is 6.22. The van der Waals surface area contributed by atoms with Crippen LogP contribution in [0, 0.1) is 17.5 Å². The molecule has 0 spiro atoms. The van der Waals surface area contributed by atoms with E-state index in [1.165, 1.54) is 0 Å². The van der Waals surface area contributed by atoms with E-state index in [4.69, 9.17) is 16.3 Å². The Labute approximate surface area is 118 Å². The second kappa shape index (κ2) is 5.11. The number of alkyl halides is 1. The molecule has 0 N–H and O–H groups in total. The quantitative estimate of drug-likeness (QED) is 0.744. The number of rotatable bonds is 2. The van der Waals surface area contributed by atoms with E-state index in [0.717, 1.165) is 11.1 Å². The third-order valence-corrected chi connectivity index (χ3v) is 3.81. The maximum Gasteiger partial charge on any atom is 0.134 e. The van der Waals surface area contributed by atoms with Gasteiger partial charge in [0.2, 0.25) is 0 Å². The Hall–Kier alpha value is -1.52. The zero-order valence-corrected chi connectivity index (χ0v) is 11.1. The van der Waals surface area contributed by atoms with Crippen LogP contribution in [-0.4, -0.2) is 0 Å². The maximum absolute atomic E-state index is 13.7. The molecule has 0 saturated carbocycles. The number of halogens is 4. The summed E-state index contributed by atoms with van der Waals surface area (Å²) in [6.45, 7) is 0.989. The Kier molecular flexibility index (Phi) is 3.44. The van der Waals surface area contributed by atoms with Gasteiger partial charge in [-0.3, -0.25) is 0 Å². The minimum absolute atomic E-state index is 0.341. The first-order valence-corrected chi connectivity index (χ1v) is 6.48. The second-order valence-electron chi connectivity index (χ2n) is 4.67. The summed E-state index contributed by atoms with van der Waals surface area (Å²) >= 11 is 6.15. The molecule has 0 bridgehead atoms. The van der Waals surface area contributed by atoms with E-state index in [9.17, 15) is 13.2 Å². The summed E-state index contributed by atoms with van der Waals surface area (Å²) in [7, 11) is 0. The SMILES string of the molecule is Fc1cc(F)c(C(Cl)c2ccc3c(c2)COC3)c(F)c1. The zero-order chi connectivity index (χ0) is 14.3. The number of fused-ring (bicyclic) bond motifs is 1. The third-order valence-electron chi connectivity index (χ3n) is 3.34. The number of hydrogen-bond acceptors (Lipinski definition) is 1. The molecule has 0 aromatic heterocycles. The van der Waals surface area contributed by atoms with E-state index in [1.54, 1.807) is 12.1 Å². The molecular formula is C15H10ClF3O. The summed E-state index contributed by atoms with van der Waals surface area (Å²) in [4.78, 5) is 0. The van der Waals surface area contributed by atoms with E-state index in [1.807, 2.05) is 6.07 Å². The maximum atomic E-state index is 13.7. The second-order valence-corrected chi connectivity index (χ2v) is 5.10. The summed E-state index contributed by atoms with van der Waals surface area (Å²) in [5.74, 6) is -2.94. The zero-order valence-electron chi connectivity index (χ0n) is 10.3. The van der Waals surface area contributed by atoms with Crippen LogP contribution in [0.5, 0.6) is 0 Å². The van der Waals surface area contributed by atoms with Crippen molar-refractivity contribution in [2.75, 3.05) is 0 Å².